The molecule has 3 aromatic carbocycles. The van der Waals surface area contributed by atoms with Gasteiger partial charge in [-0.1, -0.05) is 52.2 Å². The number of urea groups is 1. The van der Waals surface area contributed by atoms with E-state index >= 15 is 0 Å². The minimum Gasteiger partial charge on any atom is -0.497 e. The van der Waals surface area contributed by atoms with Crippen molar-refractivity contribution >= 4 is 37.9 Å². The highest BCUT2D eigenvalue weighted by atomic mass is 32.3. The summed E-state index contributed by atoms with van der Waals surface area (Å²) in [5.74, 6) is 0.0740. The third-order valence-electron chi connectivity index (χ3n) is 5.98. The van der Waals surface area contributed by atoms with Crippen molar-refractivity contribution in [3.63, 3.8) is 0 Å². The smallest absolute Gasteiger partial charge is 0.330 e. The van der Waals surface area contributed by atoms with E-state index in [4.69, 9.17) is 4.74 Å². The molecule has 0 unspecified atom stereocenters. The Morgan fingerprint density at radius 1 is 1.00 bits per heavy atom. The number of rotatable bonds is 8. The molecule has 2 N–H and O–H groups in total. The summed E-state index contributed by atoms with van der Waals surface area (Å²) in [4.78, 5) is 27.4. The first kappa shape index (κ1) is 27.1. The van der Waals surface area contributed by atoms with Crippen LogP contribution in [0.2, 0.25) is 0 Å². The summed E-state index contributed by atoms with van der Waals surface area (Å²) in [5, 5.41) is 2.40. The van der Waals surface area contributed by atoms with Crippen molar-refractivity contribution in [1.82, 2.24) is 13.7 Å². The lowest BCUT2D eigenvalue weighted by Crippen LogP contribution is -2.54. The molecule has 0 saturated carbocycles. The van der Waals surface area contributed by atoms with Gasteiger partial charge in [-0.2, -0.15) is 8.42 Å². The van der Waals surface area contributed by atoms with Crippen LogP contribution in [0.25, 0.3) is 0 Å². The Morgan fingerprint density at radius 3 is 2.26 bits per heavy atom. The van der Waals surface area contributed by atoms with Gasteiger partial charge >= 0.3 is 16.2 Å². The van der Waals surface area contributed by atoms with Crippen molar-refractivity contribution in [2.45, 2.75) is 23.9 Å². The highest BCUT2D eigenvalue weighted by molar-refractivity contribution is 8.03. The molecule has 0 aliphatic carbocycles. The van der Waals surface area contributed by atoms with Crippen LogP contribution in [0, 0.1) is 0 Å². The Morgan fingerprint density at radius 2 is 1.63 bits per heavy atom. The molecule has 38 heavy (non-hydrogen) atoms. The molecule has 0 spiro atoms. The first-order chi connectivity index (χ1) is 18.0. The maximum Gasteiger partial charge on any atom is 0.330 e. The molecule has 200 valence electrons. The molecule has 0 saturated heterocycles. The van der Waals surface area contributed by atoms with Gasteiger partial charge in [-0.05, 0) is 41.5 Å². The zero-order chi connectivity index (χ0) is 27.5. The molecule has 1 heterocycles. The normalized spacial score (nSPS) is 15.2. The second-order valence-electron chi connectivity index (χ2n) is 8.46. The van der Waals surface area contributed by atoms with E-state index in [1.165, 1.54) is 37.3 Å². The van der Waals surface area contributed by atoms with Crippen molar-refractivity contribution in [3.05, 3.63) is 90.0 Å². The number of carbonyl (C=O) groups is 2. The fourth-order valence-corrected chi connectivity index (χ4v) is 7.34. The number of nitrogens with one attached hydrogen (secondary N) is 2. The molecule has 1 aliphatic rings. The number of methoxy groups -OCH3 is 1. The van der Waals surface area contributed by atoms with Crippen LogP contribution in [-0.2, 0) is 38.0 Å². The first-order valence-electron chi connectivity index (χ1n) is 11.4. The number of nitrogens with zero attached hydrogens (tertiary/aromatic N) is 2. The van der Waals surface area contributed by atoms with Gasteiger partial charge in [0.2, 0.25) is 5.91 Å². The molecule has 3 amide bonds. The number of hydrogen-bond donors (Lipinski definition) is 2. The van der Waals surface area contributed by atoms with Gasteiger partial charge in [0.15, 0.2) is 0 Å². The fraction of sp³-hybridized carbons (Fsp3) is 0.200. The van der Waals surface area contributed by atoms with Gasteiger partial charge in [0, 0.05) is 19.2 Å². The number of sulfonamides is 1. The highest BCUT2D eigenvalue weighted by Gasteiger charge is 2.43. The third-order valence-corrected chi connectivity index (χ3v) is 9.89. The second-order valence-corrected chi connectivity index (χ2v) is 12.1. The van der Waals surface area contributed by atoms with Gasteiger partial charge in [0.25, 0.3) is 10.0 Å². The average molecular weight is 559 g/mol. The number of hydrogen-bond acceptors (Lipinski definition) is 7. The molecule has 1 aliphatic heterocycles. The Kier molecular flexibility index (Phi) is 7.71. The van der Waals surface area contributed by atoms with E-state index < -0.39 is 44.8 Å². The van der Waals surface area contributed by atoms with Gasteiger partial charge in [0.1, 0.15) is 11.8 Å². The monoisotopic (exact) mass is 558 g/mol. The van der Waals surface area contributed by atoms with Crippen LogP contribution in [-0.4, -0.2) is 52.7 Å². The third kappa shape index (κ3) is 5.64. The molecular formula is C25H26N4O7S2. The maximum atomic E-state index is 13.4. The van der Waals surface area contributed by atoms with Crippen molar-refractivity contribution < 1.29 is 31.2 Å². The second kappa shape index (κ2) is 10.8. The van der Waals surface area contributed by atoms with Gasteiger partial charge in [-0.3, -0.25) is 4.79 Å². The topological polar surface area (TPSA) is 142 Å². The van der Waals surface area contributed by atoms with Crippen LogP contribution in [0.15, 0.2) is 83.8 Å². The van der Waals surface area contributed by atoms with E-state index in [9.17, 15) is 26.4 Å². The minimum atomic E-state index is -4.81. The SMILES string of the molecule is COc1ccc(N(C)C(=O)[C@H](Cc2ccccc2)NC(=O)NS(=O)(=O)N2Cc3ccccc3S2(=O)=O)cc1. The zero-order valence-electron chi connectivity index (χ0n) is 20.6. The van der Waals surface area contributed by atoms with Crippen molar-refractivity contribution in [2.24, 2.45) is 0 Å². The molecule has 13 heteroatoms. The molecule has 1 atom stereocenters. The fourth-order valence-electron chi connectivity index (χ4n) is 4.01. The van der Waals surface area contributed by atoms with Crippen LogP contribution in [0.5, 0.6) is 5.75 Å². The molecule has 11 nitrogen and oxygen atoms in total. The minimum absolute atomic E-state index is 0.0566. The predicted octanol–water partition coefficient (Wildman–Crippen LogP) is 2.02. The van der Waals surface area contributed by atoms with E-state index in [1.54, 1.807) is 65.4 Å². The largest absolute Gasteiger partial charge is 0.497 e. The molecule has 3 aromatic rings. The number of benzene rings is 3. The summed E-state index contributed by atoms with van der Waals surface area (Å²) >= 11 is 0. The molecule has 0 radical (unpaired) electrons. The predicted molar refractivity (Wildman–Crippen MR) is 140 cm³/mol. The van der Waals surface area contributed by atoms with E-state index in [2.05, 4.69) is 5.32 Å². The first-order valence-corrected chi connectivity index (χ1v) is 14.3. The zero-order valence-corrected chi connectivity index (χ0v) is 22.2. The molecule has 0 aromatic heterocycles. The lowest BCUT2D eigenvalue weighted by Gasteiger charge is -2.25. The summed E-state index contributed by atoms with van der Waals surface area (Å²) < 4.78 is 58.5. The van der Waals surface area contributed by atoms with Crippen molar-refractivity contribution in [1.29, 1.82) is 0 Å². The maximum absolute atomic E-state index is 13.4. The standard InChI is InChI=1S/C25H26N4O7S2/c1-28(20-12-14-21(36-2)15-13-20)24(30)22(16-18-8-4-3-5-9-18)26-25(31)27-38(34,35)29-17-19-10-6-7-11-23(19)37(29,32)33/h3-15,22H,16-17H2,1-2H3,(H2,26,27,31)/t22-/m0/s1. The summed E-state index contributed by atoms with van der Waals surface area (Å²) in [6.45, 7) is -0.451. The van der Waals surface area contributed by atoms with Crippen molar-refractivity contribution in [3.8, 4) is 5.75 Å². The van der Waals surface area contributed by atoms with Gasteiger partial charge < -0.3 is 15.0 Å². The molecule has 0 fully saturated rings. The van der Waals surface area contributed by atoms with Crippen LogP contribution in [0.3, 0.4) is 0 Å². The quantitative estimate of drug-likeness (QED) is 0.431. The van der Waals surface area contributed by atoms with E-state index in [0.29, 0.717) is 11.4 Å². The Bertz CT molecular complexity index is 1540. The molecule has 4 rings (SSSR count). The lowest BCUT2D eigenvalue weighted by molar-refractivity contribution is -0.120. The van der Waals surface area contributed by atoms with Gasteiger partial charge in [0.05, 0.1) is 18.6 Å². The number of likely N-dealkylation sites (N-methyl/N-ethyl adjacent to an activating group) is 1. The highest BCUT2D eigenvalue weighted by Crippen LogP contribution is 2.31. The Hall–Kier alpha value is -3.94. The van der Waals surface area contributed by atoms with Crippen LogP contribution >= 0.6 is 0 Å². The number of carbonyl (C=O) groups excluding carboxylic acids is 2. The number of fused-ring (bicyclic) bond motifs is 1. The van der Waals surface area contributed by atoms with Crippen LogP contribution in [0.1, 0.15) is 11.1 Å². The van der Waals surface area contributed by atoms with E-state index in [0.717, 1.165) is 5.56 Å². The Balaban J connectivity index is 1.54. The summed E-state index contributed by atoms with van der Waals surface area (Å²) in [5.41, 5.74) is 1.52. The van der Waals surface area contributed by atoms with Crippen LogP contribution < -0.4 is 19.7 Å². The average Bonchev–Trinajstić information content (AvgIpc) is 3.19. The summed E-state index contributed by atoms with van der Waals surface area (Å²) in [7, 11) is -6.16. The number of ether oxygens (including phenoxy) is 1. The Labute approximate surface area is 221 Å². The molecular weight excluding hydrogens is 532 g/mol. The van der Waals surface area contributed by atoms with E-state index in [1.807, 2.05) is 0 Å². The van der Waals surface area contributed by atoms with Crippen molar-refractivity contribution in [2.75, 3.05) is 19.1 Å². The van der Waals surface area contributed by atoms with Gasteiger partial charge in [-0.15, -0.1) is 0 Å². The summed E-state index contributed by atoms with van der Waals surface area (Å²) in [6.07, 6.45) is 0.0566. The lowest BCUT2D eigenvalue weighted by atomic mass is 10.0. The summed E-state index contributed by atoms with van der Waals surface area (Å²) in [6, 6.07) is 19.0. The van der Waals surface area contributed by atoms with Crippen LogP contribution in [0.4, 0.5) is 10.5 Å². The van der Waals surface area contributed by atoms with Gasteiger partial charge in [-0.25, -0.2) is 17.9 Å². The molecule has 0 bridgehead atoms. The van der Waals surface area contributed by atoms with E-state index in [-0.39, 0.29) is 20.6 Å². The number of anilines is 1. The number of amides is 3.